The zero-order chi connectivity index (χ0) is 23.5. The summed E-state index contributed by atoms with van der Waals surface area (Å²) in [5.74, 6) is -0.0511. The van der Waals surface area contributed by atoms with Gasteiger partial charge in [-0.05, 0) is 18.2 Å². The summed E-state index contributed by atoms with van der Waals surface area (Å²) >= 11 is 1.35. The fraction of sp³-hybridized carbons (Fsp3) is 0.364. The van der Waals surface area contributed by atoms with Gasteiger partial charge in [-0.3, -0.25) is 19.7 Å². The molecule has 174 valence electrons. The second-order valence-electron chi connectivity index (χ2n) is 7.71. The van der Waals surface area contributed by atoms with Crippen molar-refractivity contribution in [2.45, 2.75) is 6.54 Å². The number of likely N-dealkylation sites (N-methyl/N-ethyl adjacent to an activating group) is 1. The third-order valence-corrected chi connectivity index (χ3v) is 6.33. The highest BCUT2D eigenvalue weighted by Crippen LogP contribution is 2.39. The summed E-state index contributed by atoms with van der Waals surface area (Å²) in [5, 5.41) is 3.18. The molecule has 33 heavy (non-hydrogen) atoms. The molecule has 0 radical (unpaired) electrons. The predicted octanol–water partition coefficient (Wildman–Crippen LogP) is 1.64. The number of ether oxygens (including phenoxy) is 2. The Bertz CT molecular complexity index is 1250. The van der Waals surface area contributed by atoms with E-state index in [-0.39, 0.29) is 18.0 Å². The van der Waals surface area contributed by atoms with E-state index in [2.05, 4.69) is 15.2 Å². The zero-order valence-electron chi connectivity index (χ0n) is 18.7. The molecule has 1 aliphatic heterocycles. The lowest BCUT2D eigenvalue weighted by Gasteiger charge is -2.29. The molecule has 2 amide bonds. The van der Waals surface area contributed by atoms with Gasteiger partial charge in [-0.2, -0.15) is 0 Å². The Morgan fingerprint density at radius 1 is 1.24 bits per heavy atom. The van der Waals surface area contributed by atoms with Crippen LogP contribution in [-0.2, 0) is 16.1 Å². The Morgan fingerprint density at radius 3 is 2.67 bits per heavy atom. The Labute approximate surface area is 194 Å². The summed E-state index contributed by atoms with van der Waals surface area (Å²) in [6, 6.07) is 6.58. The lowest BCUT2D eigenvalue weighted by atomic mass is 10.2. The van der Waals surface area contributed by atoms with Crippen LogP contribution in [0.3, 0.4) is 0 Å². The van der Waals surface area contributed by atoms with Gasteiger partial charge in [0.25, 0.3) is 11.5 Å². The van der Waals surface area contributed by atoms with E-state index < -0.39 is 11.5 Å². The molecule has 0 atom stereocenters. The summed E-state index contributed by atoms with van der Waals surface area (Å²) in [4.78, 5) is 45.2. The van der Waals surface area contributed by atoms with Gasteiger partial charge in [0.2, 0.25) is 5.91 Å². The number of carbonyl (C=O) groups excluding carboxylic acids is 2. The number of nitrogens with zero attached hydrogens (tertiary/aromatic N) is 4. The number of methoxy groups -OCH3 is 1. The topological polar surface area (TPSA) is 106 Å². The number of nitrogens with one attached hydrogen (secondary N) is 1. The molecular formula is C22H25N5O5S. The highest BCUT2D eigenvalue weighted by Gasteiger charge is 2.20. The fourth-order valence-corrected chi connectivity index (χ4v) is 4.50. The van der Waals surface area contributed by atoms with Crippen LogP contribution in [-0.4, -0.2) is 73.8 Å². The van der Waals surface area contributed by atoms with Gasteiger partial charge in [0.15, 0.2) is 5.13 Å². The first-order valence-electron chi connectivity index (χ1n) is 10.4. The van der Waals surface area contributed by atoms with Crippen LogP contribution in [0.2, 0.25) is 0 Å². The van der Waals surface area contributed by atoms with Gasteiger partial charge in [0, 0.05) is 45.0 Å². The third-order valence-electron chi connectivity index (χ3n) is 5.34. The van der Waals surface area contributed by atoms with Gasteiger partial charge in [-0.15, -0.1) is 0 Å². The van der Waals surface area contributed by atoms with Crippen molar-refractivity contribution < 1.29 is 19.1 Å². The largest absolute Gasteiger partial charge is 0.494 e. The van der Waals surface area contributed by atoms with E-state index in [1.165, 1.54) is 39.1 Å². The molecule has 3 aromatic rings. The fourth-order valence-electron chi connectivity index (χ4n) is 3.48. The lowest BCUT2D eigenvalue weighted by molar-refractivity contribution is -0.129. The molecule has 4 rings (SSSR count). The number of fused-ring (bicyclic) bond motifs is 1. The highest BCUT2D eigenvalue weighted by molar-refractivity contribution is 7.23. The number of thiazole rings is 1. The monoisotopic (exact) mass is 471 g/mol. The molecule has 1 aromatic carbocycles. The lowest BCUT2D eigenvalue weighted by Crippen LogP contribution is -2.36. The van der Waals surface area contributed by atoms with Crippen LogP contribution in [0, 0.1) is 0 Å². The van der Waals surface area contributed by atoms with Crippen molar-refractivity contribution in [3.8, 4) is 5.75 Å². The molecule has 0 unspecified atom stereocenters. The number of carbonyl (C=O) groups is 2. The predicted molar refractivity (Wildman–Crippen MR) is 127 cm³/mol. The van der Waals surface area contributed by atoms with Gasteiger partial charge in [0.05, 0.1) is 30.7 Å². The van der Waals surface area contributed by atoms with Crippen molar-refractivity contribution in [1.82, 2.24) is 14.5 Å². The number of pyridine rings is 1. The minimum absolute atomic E-state index is 0.0876. The van der Waals surface area contributed by atoms with Gasteiger partial charge in [-0.1, -0.05) is 11.3 Å². The smallest absolute Gasteiger partial charge is 0.257 e. The van der Waals surface area contributed by atoms with Crippen LogP contribution in [0.4, 0.5) is 10.8 Å². The summed E-state index contributed by atoms with van der Waals surface area (Å²) in [5.41, 5.74) is 1.44. The Morgan fingerprint density at radius 2 is 2.00 bits per heavy atom. The van der Waals surface area contributed by atoms with E-state index in [0.717, 1.165) is 23.5 Å². The van der Waals surface area contributed by atoms with E-state index in [9.17, 15) is 14.4 Å². The number of rotatable bonds is 6. The second-order valence-corrected chi connectivity index (χ2v) is 8.71. The molecule has 1 fully saturated rings. The zero-order valence-corrected chi connectivity index (χ0v) is 19.5. The van der Waals surface area contributed by atoms with Crippen LogP contribution in [0.25, 0.3) is 10.2 Å². The molecule has 11 heteroatoms. The van der Waals surface area contributed by atoms with Crippen molar-refractivity contribution in [3.05, 3.63) is 46.4 Å². The third kappa shape index (κ3) is 4.83. The van der Waals surface area contributed by atoms with Crippen LogP contribution < -0.4 is 20.5 Å². The normalized spacial score (nSPS) is 13.7. The number of aromatic nitrogens is 2. The minimum Gasteiger partial charge on any atom is -0.494 e. The molecule has 10 nitrogen and oxygen atoms in total. The maximum absolute atomic E-state index is 12.8. The Kier molecular flexibility index (Phi) is 6.61. The van der Waals surface area contributed by atoms with E-state index in [0.29, 0.717) is 29.6 Å². The second kappa shape index (κ2) is 9.59. The number of hydrogen-bond acceptors (Lipinski definition) is 8. The van der Waals surface area contributed by atoms with E-state index in [1.54, 1.807) is 21.2 Å². The number of hydrogen-bond donors (Lipinski definition) is 1. The molecule has 1 saturated heterocycles. The number of benzene rings is 1. The van der Waals surface area contributed by atoms with Crippen LogP contribution >= 0.6 is 11.3 Å². The first kappa shape index (κ1) is 22.7. The van der Waals surface area contributed by atoms with Crippen molar-refractivity contribution in [2.75, 3.05) is 57.7 Å². The molecule has 2 aromatic heterocycles. The van der Waals surface area contributed by atoms with Crippen molar-refractivity contribution in [2.24, 2.45) is 0 Å². The first-order valence-corrected chi connectivity index (χ1v) is 11.2. The maximum Gasteiger partial charge on any atom is 0.257 e. The molecule has 0 spiro atoms. The molecule has 1 aliphatic rings. The molecule has 0 aliphatic carbocycles. The van der Waals surface area contributed by atoms with Crippen LogP contribution in [0.15, 0.2) is 35.3 Å². The van der Waals surface area contributed by atoms with E-state index >= 15 is 0 Å². The molecule has 3 heterocycles. The summed E-state index contributed by atoms with van der Waals surface area (Å²) < 4.78 is 13.1. The van der Waals surface area contributed by atoms with Gasteiger partial charge in [0.1, 0.15) is 17.8 Å². The summed E-state index contributed by atoms with van der Waals surface area (Å²) in [7, 11) is 4.82. The van der Waals surface area contributed by atoms with E-state index in [4.69, 9.17) is 9.47 Å². The van der Waals surface area contributed by atoms with Gasteiger partial charge >= 0.3 is 0 Å². The maximum atomic E-state index is 12.8. The van der Waals surface area contributed by atoms with Crippen molar-refractivity contribution >= 4 is 44.2 Å². The Balaban J connectivity index is 1.58. The van der Waals surface area contributed by atoms with Gasteiger partial charge in [-0.25, -0.2) is 4.98 Å². The highest BCUT2D eigenvalue weighted by atomic mass is 32.1. The first-order chi connectivity index (χ1) is 15.9. The average Bonchev–Trinajstić information content (AvgIpc) is 3.23. The average molecular weight is 472 g/mol. The molecular weight excluding hydrogens is 446 g/mol. The Hall–Kier alpha value is -3.44. The standard InChI is InChI=1S/C22H25N5O5S/c1-25(2)18(29)13-27-7-6-14(12-17(27)28)21(30)24-22-23-19-16(31-3)5-4-15(20(19)33-22)26-8-10-32-11-9-26/h4-7,12H,8-11,13H2,1-3H3,(H,23,24,30). The number of anilines is 2. The number of amides is 2. The van der Waals surface area contributed by atoms with Crippen LogP contribution in [0.1, 0.15) is 10.4 Å². The van der Waals surface area contributed by atoms with Gasteiger partial charge < -0.3 is 23.8 Å². The quantitative estimate of drug-likeness (QED) is 0.583. The molecule has 0 bridgehead atoms. The molecule has 1 N–H and O–H groups in total. The SMILES string of the molecule is COc1ccc(N2CCOCC2)c2sc(NC(=O)c3ccn(CC(=O)N(C)C)c(=O)c3)nc12. The van der Waals surface area contributed by atoms with Crippen LogP contribution in [0.5, 0.6) is 5.75 Å². The summed E-state index contributed by atoms with van der Waals surface area (Å²) in [6.07, 6.45) is 1.44. The van der Waals surface area contributed by atoms with Crippen molar-refractivity contribution in [1.29, 1.82) is 0 Å². The van der Waals surface area contributed by atoms with Crippen molar-refractivity contribution in [3.63, 3.8) is 0 Å². The van der Waals surface area contributed by atoms with E-state index in [1.807, 2.05) is 12.1 Å². The minimum atomic E-state index is -0.455. The molecule has 0 saturated carbocycles. The number of morpholine rings is 1. The summed E-state index contributed by atoms with van der Waals surface area (Å²) in [6.45, 7) is 2.76.